The van der Waals surface area contributed by atoms with Crippen LogP contribution in [0, 0.1) is 0 Å². The number of aliphatic carboxylic acids is 1. The van der Waals surface area contributed by atoms with Crippen LogP contribution >= 0.6 is 11.6 Å². The van der Waals surface area contributed by atoms with E-state index in [0.717, 1.165) is 0 Å². The van der Waals surface area contributed by atoms with E-state index < -0.39 is 35.4 Å². The van der Waals surface area contributed by atoms with Gasteiger partial charge in [0.05, 0.1) is 16.8 Å². The first-order chi connectivity index (χ1) is 12.2. The fraction of sp³-hybridized carbons (Fsp3) is 0.333. The van der Waals surface area contributed by atoms with Crippen molar-refractivity contribution in [3.63, 3.8) is 0 Å². The highest BCUT2D eigenvalue weighted by Gasteiger charge is 2.41. The molecular weight excluding hydrogens is 377 g/mol. The molecule has 2 rings (SSSR count). The Bertz CT molecular complexity index is 823. The van der Waals surface area contributed by atoms with E-state index >= 15 is 0 Å². The number of halogens is 4. The van der Waals surface area contributed by atoms with Crippen LogP contribution in [0.3, 0.4) is 0 Å². The second-order valence-electron chi connectivity index (χ2n) is 5.28. The van der Waals surface area contributed by atoms with Gasteiger partial charge in [0.15, 0.2) is 11.5 Å². The van der Waals surface area contributed by atoms with Crippen LogP contribution in [0.4, 0.5) is 13.2 Å². The zero-order valence-corrected chi connectivity index (χ0v) is 14.2. The number of hydrogen-bond donors (Lipinski definition) is 2. The van der Waals surface area contributed by atoms with Crippen LogP contribution in [0.2, 0.25) is 5.02 Å². The Balaban J connectivity index is 2.49. The van der Waals surface area contributed by atoms with Crippen LogP contribution in [0.25, 0.3) is 5.82 Å². The van der Waals surface area contributed by atoms with E-state index in [0.29, 0.717) is 17.3 Å². The van der Waals surface area contributed by atoms with E-state index in [-0.39, 0.29) is 17.3 Å². The molecule has 2 heterocycles. The van der Waals surface area contributed by atoms with Gasteiger partial charge in [-0.25, -0.2) is 14.5 Å². The number of pyridine rings is 1. The Morgan fingerprint density at radius 1 is 1.42 bits per heavy atom. The van der Waals surface area contributed by atoms with Gasteiger partial charge in [-0.1, -0.05) is 24.9 Å². The highest BCUT2D eigenvalue weighted by molar-refractivity contribution is 6.32. The fourth-order valence-corrected chi connectivity index (χ4v) is 2.46. The number of aromatic nitrogens is 3. The van der Waals surface area contributed by atoms with Crippen LogP contribution in [0.5, 0.6) is 0 Å². The van der Waals surface area contributed by atoms with Crippen LogP contribution in [0.15, 0.2) is 24.5 Å². The van der Waals surface area contributed by atoms with Crippen LogP contribution in [0.1, 0.15) is 35.8 Å². The van der Waals surface area contributed by atoms with Gasteiger partial charge in [0, 0.05) is 6.20 Å². The Labute approximate surface area is 150 Å². The average molecular weight is 391 g/mol. The summed E-state index contributed by atoms with van der Waals surface area (Å²) in [5.74, 6) is -2.84. The molecular formula is C15H14ClF3N4O3. The maximum atomic E-state index is 13.5. The zero-order chi connectivity index (χ0) is 19.5. The predicted octanol–water partition coefficient (Wildman–Crippen LogP) is 2.92. The van der Waals surface area contributed by atoms with Crippen molar-refractivity contribution in [3.05, 3.63) is 40.8 Å². The molecule has 0 saturated heterocycles. The molecule has 0 spiro atoms. The summed E-state index contributed by atoms with van der Waals surface area (Å²) < 4.78 is 41.0. The Morgan fingerprint density at radius 3 is 2.65 bits per heavy atom. The van der Waals surface area contributed by atoms with Crippen molar-refractivity contribution in [2.45, 2.75) is 32.0 Å². The molecule has 0 saturated carbocycles. The SMILES string of the molecule is CCCC(NC(=O)c1cnn(-c2ncccc2Cl)c1C(F)(F)F)C(=O)O. The van der Waals surface area contributed by atoms with Crippen molar-refractivity contribution < 1.29 is 27.9 Å². The number of carbonyl (C=O) groups is 2. The van der Waals surface area contributed by atoms with Crippen molar-refractivity contribution in [1.29, 1.82) is 0 Å². The van der Waals surface area contributed by atoms with Crippen molar-refractivity contribution in [1.82, 2.24) is 20.1 Å². The smallest absolute Gasteiger partial charge is 0.434 e. The third-order valence-electron chi connectivity index (χ3n) is 3.40. The highest BCUT2D eigenvalue weighted by atomic mass is 35.5. The number of hydrogen-bond acceptors (Lipinski definition) is 4. The number of carboxylic acids is 1. The standard InChI is InChI=1S/C15H14ClF3N4O3/c1-2-4-10(14(25)26)22-13(24)8-7-21-23(11(8)15(17,18)19)12-9(16)5-3-6-20-12/h3,5-7,10H,2,4H2,1H3,(H,22,24)(H,25,26). The van der Waals surface area contributed by atoms with Crippen molar-refractivity contribution >= 4 is 23.5 Å². The van der Waals surface area contributed by atoms with Crippen LogP contribution in [-0.4, -0.2) is 37.8 Å². The summed E-state index contributed by atoms with van der Waals surface area (Å²) in [5.41, 5.74) is -2.21. The number of nitrogens with one attached hydrogen (secondary N) is 1. The number of alkyl halides is 3. The van der Waals surface area contributed by atoms with Crippen molar-refractivity contribution in [2.75, 3.05) is 0 Å². The molecule has 0 bridgehead atoms. The molecule has 26 heavy (non-hydrogen) atoms. The summed E-state index contributed by atoms with van der Waals surface area (Å²) in [5, 5.41) is 14.6. The lowest BCUT2D eigenvalue weighted by atomic mass is 10.1. The van der Waals surface area contributed by atoms with E-state index in [1.165, 1.54) is 18.3 Å². The third-order valence-corrected chi connectivity index (χ3v) is 3.70. The number of rotatable bonds is 6. The van der Waals surface area contributed by atoms with E-state index in [9.17, 15) is 22.8 Å². The largest absolute Gasteiger partial charge is 0.480 e. The Morgan fingerprint density at radius 2 is 2.12 bits per heavy atom. The number of carbonyl (C=O) groups excluding carboxylic acids is 1. The lowest BCUT2D eigenvalue weighted by Gasteiger charge is -2.15. The topological polar surface area (TPSA) is 97.1 Å². The lowest BCUT2D eigenvalue weighted by Crippen LogP contribution is -2.41. The molecule has 0 aliphatic rings. The molecule has 2 aromatic heterocycles. The molecule has 1 unspecified atom stereocenters. The summed E-state index contributed by atoms with van der Waals surface area (Å²) in [7, 11) is 0. The van der Waals surface area contributed by atoms with E-state index in [1.54, 1.807) is 6.92 Å². The van der Waals surface area contributed by atoms with Gasteiger partial charge in [-0.3, -0.25) is 4.79 Å². The molecule has 2 aromatic rings. The Kier molecular flexibility index (Phi) is 5.86. The molecule has 0 fully saturated rings. The summed E-state index contributed by atoms with van der Waals surface area (Å²) in [6.45, 7) is 1.68. The molecule has 11 heteroatoms. The summed E-state index contributed by atoms with van der Waals surface area (Å²) in [4.78, 5) is 27.1. The monoisotopic (exact) mass is 390 g/mol. The normalized spacial score (nSPS) is 12.7. The second kappa shape index (κ2) is 7.73. The molecule has 1 amide bonds. The van der Waals surface area contributed by atoms with E-state index in [1.807, 2.05) is 0 Å². The minimum Gasteiger partial charge on any atom is -0.480 e. The van der Waals surface area contributed by atoms with Crippen LogP contribution in [-0.2, 0) is 11.0 Å². The van der Waals surface area contributed by atoms with Gasteiger partial charge in [0.2, 0.25) is 0 Å². The zero-order valence-electron chi connectivity index (χ0n) is 13.4. The first-order valence-electron chi connectivity index (χ1n) is 7.46. The van der Waals surface area contributed by atoms with Gasteiger partial charge in [-0.05, 0) is 18.6 Å². The molecule has 0 aromatic carbocycles. The molecule has 0 aliphatic carbocycles. The lowest BCUT2D eigenvalue weighted by molar-refractivity contribution is -0.143. The maximum Gasteiger partial charge on any atom is 0.434 e. The van der Waals surface area contributed by atoms with Crippen LogP contribution < -0.4 is 5.32 Å². The molecule has 0 radical (unpaired) electrons. The number of carboxylic acid groups (broad SMARTS) is 1. The average Bonchev–Trinajstić information content (AvgIpc) is 3.00. The molecule has 140 valence electrons. The summed E-state index contributed by atoms with van der Waals surface area (Å²) in [6.07, 6.45) is -2.53. The molecule has 0 aliphatic heterocycles. The predicted molar refractivity (Wildman–Crippen MR) is 85.2 cm³/mol. The van der Waals surface area contributed by atoms with Gasteiger partial charge >= 0.3 is 12.1 Å². The van der Waals surface area contributed by atoms with Gasteiger partial charge in [0.1, 0.15) is 6.04 Å². The van der Waals surface area contributed by atoms with Crippen molar-refractivity contribution in [3.8, 4) is 5.82 Å². The second-order valence-corrected chi connectivity index (χ2v) is 5.69. The molecule has 2 N–H and O–H groups in total. The van der Waals surface area contributed by atoms with E-state index in [4.69, 9.17) is 16.7 Å². The van der Waals surface area contributed by atoms with E-state index in [2.05, 4.69) is 15.4 Å². The highest BCUT2D eigenvalue weighted by Crippen LogP contribution is 2.34. The molecule has 1 atom stereocenters. The quantitative estimate of drug-likeness (QED) is 0.790. The van der Waals surface area contributed by atoms with Gasteiger partial charge in [-0.15, -0.1) is 0 Å². The van der Waals surface area contributed by atoms with Crippen molar-refractivity contribution in [2.24, 2.45) is 0 Å². The fourth-order valence-electron chi connectivity index (χ4n) is 2.26. The molecule has 7 nitrogen and oxygen atoms in total. The minimum atomic E-state index is -4.95. The number of nitrogens with zero attached hydrogens (tertiary/aromatic N) is 3. The van der Waals surface area contributed by atoms with Gasteiger partial charge < -0.3 is 10.4 Å². The first-order valence-corrected chi connectivity index (χ1v) is 7.84. The maximum absolute atomic E-state index is 13.5. The summed E-state index contributed by atoms with van der Waals surface area (Å²) in [6, 6.07) is 1.45. The summed E-state index contributed by atoms with van der Waals surface area (Å²) >= 11 is 5.87. The first kappa shape index (κ1) is 19.7. The number of amides is 1. The third kappa shape index (κ3) is 4.13. The Hall–Kier alpha value is -2.62. The van der Waals surface area contributed by atoms with Gasteiger partial charge in [0.25, 0.3) is 5.91 Å². The van der Waals surface area contributed by atoms with Gasteiger partial charge in [-0.2, -0.15) is 18.3 Å². The minimum absolute atomic E-state index is 0.0721.